The van der Waals surface area contributed by atoms with Gasteiger partial charge in [-0.15, -0.1) is 0 Å². The van der Waals surface area contributed by atoms with Gasteiger partial charge in [-0.3, -0.25) is 0 Å². The average Bonchev–Trinajstić information content (AvgIpc) is 2.83. The van der Waals surface area contributed by atoms with E-state index in [1.807, 2.05) is 32.9 Å². The number of carboxylic acids is 1. The van der Waals surface area contributed by atoms with E-state index >= 15 is 0 Å². The van der Waals surface area contributed by atoms with Crippen LogP contribution in [-0.2, 0) is 6.61 Å². The van der Waals surface area contributed by atoms with Crippen LogP contribution in [-0.4, -0.2) is 11.1 Å². The minimum Gasteiger partial charge on any atom is -0.485 e. The van der Waals surface area contributed by atoms with Gasteiger partial charge >= 0.3 is 5.97 Å². The summed E-state index contributed by atoms with van der Waals surface area (Å²) in [4.78, 5) is 10.7. The Morgan fingerprint density at radius 2 is 1.84 bits per heavy atom. The normalized spacial score (nSPS) is 10.5. The van der Waals surface area contributed by atoms with E-state index in [4.69, 9.17) is 14.3 Å². The topological polar surface area (TPSA) is 59.7 Å². The van der Waals surface area contributed by atoms with E-state index in [9.17, 15) is 4.79 Å². The van der Waals surface area contributed by atoms with Gasteiger partial charge in [0.05, 0.1) is 0 Å². The maximum absolute atomic E-state index is 10.7. The molecule has 0 aliphatic rings. The molecular formula is C15H16O4. The number of aryl methyl sites for hydroxylation is 2. The zero-order valence-electron chi connectivity index (χ0n) is 11.2. The molecule has 0 bridgehead atoms. The van der Waals surface area contributed by atoms with Crippen molar-refractivity contribution in [2.45, 2.75) is 27.4 Å². The van der Waals surface area contributed by atoms with Gasteiger partial charge in [0, 0.05) is 0 Å². The van der Waals surface area contributed by atoms with E-state index in [0.29, 0.717) is 5.76 Å². The van der Waals surface area contributed by atoms with Crippen LogP contribution in [0.3, 0.4) is 0 Å². The summed E-state index contributed by atoms with van der Waals surface area (Å²) in [5, 5.41) is 8.77. The van der Waals surface area contributed by atoms with Crippen molar-refractivity contribution in [3.05, 3.63) is 52.5 Å². The van der Waals surface area contributed by atoms with Crippen molar-refractivity contribution in [3.8, 4) is 5.75 Å². The van der Waals surface area contributed by atoms with Crippen LogP contribution in [0.15, 0.2) is 28.7 Å². The predicted octanol–water partition coefficient (Wildman–Crippen LogP) is 3.48. The average molecular weight is 260 g/mol. The Morgan fingerprint density at radius 1 is 1.16 bits per heavy atom. The van der Waals surface area contributed by atoms with Crippen LogP contribution in [0.2, 0.25) is 0 Å². The first-order valence-corrected chi connectivity index (χ1v) is 6.00. The number of hydrogen-bond donors (Lipinski definition) is 1. The molecule has 0 atom stereocenters. The second-order valence-corrected chi connectivity index (χ2v) is 4.51. The van der Waals surface area contributed by atoms with E-state index in [1.165, 1.54) is 6.07 Å². The summed E-state index contributed by atoms with van der Waals surface area (Å²) in [6.07, 6.45) is 0. The van der Waals surface area contributed by atoms with Gasteiger partial charge in [0.2, 0.25) is 5.76 Å². The van der Waals surface area contributed by atoms with Crippen LogP contribution in [0.5, 0.6) is 5.75 Å². The predicted molar refractivity (Wildman–Crippen MR) is 70.7 cm³/mol. The highest BCUT2D eigenvalue weighted by Crippen LogP contribution is 2.26. The van der Waals surface area contributed by atoms with Gasteiger partial charge in [-0.05, 0) is 49.6 Å². The fraction of sp³-hybridized carbons (Fsp3) is 0.267. The third kappa shape index (κ3) is 2.78. The summed E-state index contributed by atoms with van der Waals surface area (Å²) in [5.74, 6) is 0.177. The first-order chi connectivity index (χ1) is 8.99. The molecule has 0 radical (unpaired) electrons. The third-order valence-electron chi connectivity index (χ3n) is 3.10. The Labute approximate surface area is 111 Å². The number of benzene rings is 1. The monoisotopic (exact) mass is 260 g/mol. The molecular weight excluding hydrogens is 244 g/mol. The second kappa shape index (κ2) is 5.18. The van der Waals surface area contributed by atoms with Crippen molar-refractivity contribution in [3.63, 3.8) is 0 Å². The summed E-state index contributed by atoms with van der Waals surface area (Å²) < 4.78 is 10.9. The molecule has 0 spiro atoms. The van der Waals surface area contributed by atoms with Crippen molar-refractivity contribution in [2.75, 3.05) is 0 Å². The molecule has 2 aromatic rings. The van der Waals surface area contributed by atoms with Gasteiger partial charge < -0.3 is 14.3 Å². The standard InChI is InChI=1S/C15H16O4/c1-9-4-5-10(2)14(11(9)3)18-8-12-6-7-13(19-12)15(16)17/h4-7H,8H2,1-3H3,(H,16,17). The lowest BCUT2D eigenvalue weighted by molar-refractivity contribution is 0.0658. The first-order valence-electron chi connectivity index (χ1n) is 6.00. The second-order valence-electron chi connectivity index (χ2n) is 4.51. The summed E-state index contributed by atoms with van der Waals surface area (Å²) >= 11 is 0. The summed E-state index contributed by atoms with van der Waals surface area (Å²) in [5.41, 5.74) is 3.30. The van der Waals surface area contributed by atoms with Gasteiger partial charge in [-0.2, -0.15) is 0 Å². The van der Waals surface area contributed by atoms with Crippen molar-refractivity contribution in [1.29, 1.82) is 0 Å². The van der Waals surface area contributed by atoms with Crippen molar-refractivity contribution in [1.82, 2.24) is 0 Å². The van der Waals surface area contributed by atoms with Crippen LogP contribution in [0, 0.1) is 20.8 Å². The number of carboxylic acid groups (broad SMARTS) is 1. The van der Waals surface area contributed by atoms with Crippen LogP contribution in [0.4, 0.5) is 0 Å². The largest absolute Gasteiger partial charge is 0.485 e. The molecule has 0 unspecified atom stereocenters. The number of carbonyl (C=O) groups is 1. The molecule has 2 rings (SSSR count). The smallest absolute Gasteiger partial charge is 0.371 e. The summed E-state index contributed by atoms with van der Waals surface area (Å²) in [6.45, 7) is 6.23. The van der Waals surface area contributed by atoms with Gasteiger partial charge in [0.1, 0.15) is 18.1 Å². The Hall–Kier alpha value is -2.23. The molecule has 0 aliphatic heterocycles. The Bertz CT molecular complexity index is 611. The van der Waals surface area contributed by atoms with Crippen molar-refractivity contribution >= 4 is 5.97 Å². The van der Waals surface area contributed by atoms with Crippen LogP contribution in [0.25, 0.3) is 0 Å². The molecule has 1 aromatic heterocycles. The molecule has 0 amide bonds. The molecule has 4 nitrogen and oxygen atoms in total. The maximum atomic E-state index is 10.7. The van der Waals surface area contributed by atoms with Crippen molar-refractivity contribution < 1.29 is 19.1 Å². The Balaban J connectivity index is 2.14. The number of aromatic carboxylic acids is 1. The van der Waals surface area contributed by atoms with E-state index in [1.54, 1.807) is 6.07 Å². The molecule has 1 aromatic carbocycles. The van der Waals surface area contributed by atoms with Gasteiger partial charge in [-0.25, -0.2) is 4.79 Å². The quantitative estimate of drug-likeness (QED) is 0.914. The summed E-state index contributed by atoms with van der Waals surface area (Å²) in [7, 11) is 0. The Morgan fingerprint density at radius 3 is 2.47 bits per heavy atom. The Kier molecular flexibility index (Phi) is 3.60. The fourth-order valence-electron chi connectivity index (χ4n) is 1.86. The molecule has 0 saturated heterocycles. The number of ether oxygens (including phenoxy) is 1. The minimum atomic E-state index is -1.07. The highest BCUT2D eigenvalue weighted by Gasteiger charge is 2.11. The maximum Gasteiger partial charge on any atom is 0.371 e. The lowest BCUT2D eigenvalue weighted by Crippen LogP contribution is -1.99. The number of hydrogen-bond acceptors (Lipinski definition) is 3. The molecule has 4 heteroatoms. The molecule has 0 fully saturated rings. The van der Waals surface area contributed by atoms with Crippen LogP contribution < -0.4 is 4.74 Å². The molecule has 19 heavy (non-hydrogen) atoms. The lowest BCUT2D eigenvalue weighted by Gasteiger charge is -2.12. The van der Waals surface area contributed by atoms with E-state index < -0.39 is 5.97 Å². The first kappa shape index (κ1) is 13.2. The van der Waals surface area contributed by atoms with Crippen LogP contribution in [0.1, 0.15) is 33.0 Å². The van der Waals surface area contributed by atoms with E-state index in [-0.39, 0.29) is 12.4 Å². The molecule has 1 N–H and O–H groups in total. The van der Waals surface area contributed by atoms with Gasteiger partial charge in [-0.1, -0.05) is 12.1 Å². The minimum absolute atomic E-state index is 0.0729. The van der Waals surface area contributed by atoms with E-state index in [0.717, 1.165) is 22.4 Å². The molecule has 0 aliphatic carbocycles. The summed E-state index contributed by atoms with van der Waals surface area (Å²) in [6, 6.07) is 7.09. The fourth-order valence-corrected chi connectivity index (χ4v) is 1.86. The van der Waals surface area contributed by atoms with E-state index in [2.05, 4.69) is 0 Å². The SMILES string of the molecule is Cc1ccc(C)c(OCc2ccc(C(=O)O)o2)c1C. The number of rotatable bonds is 4. The molecule has 100 valence electrons. The molecule has 1 heterocycles. The van der Waals surface area contributed by atoms with Gasteiger partial charge in [0.15, 0.2) is 0 Å². The number of furan rings is 1. The molecule has 0 saturated carbocycles. The van der Waals surface area contributed by atoms with Crippen molar-refractivity contribution in [2.24, 2.45) is 0 Å². The zero-order chi connectivity index (χ0) is 14.0. The highest BCUT2D eigenvalue weighted by molar-refractivity contribution is 5.84. The van der Waals surface area contributed by atoms with Gasteiger partial charge in [0.25, 0.3) is 0 Å². The van der Waals surface area contributed by atoms with Crippen LogP contribution >= 0.6 is 0 Å². The highest BCUT2D eigenvalue weighted by atomic mass is 16.5. The lowest BCUT2D eigenvalue weighted by atomic mass is 10.1. The third-order valence-corrected chi connectivity index (χ3v) is 3.10. The zero-order valence-corrected chi connectivity index (χ0v) is 11.2.